The Bertz CT molecular complexity index is 1070. The third-order valence-electron chi connectivity index (χ3n) is 5.45. The van der Waals surface area contributed by atoms with Gasteiger partial charge in [-0.25, -0.2) is 9.59 Å². The fourth-order valence-corrected chi connectivity index (χ4v) is 4.76. The molecule has 4 rings (SSSR count). The maximum atomic E-state index is 12.0. The second-order valence-corrected chi connectivity index (χ2v) is 9.09. The van der Waals surface area contributed by atoms with Crippen LogP contribution in [-0.4, -0.2) is 42.3 Å². The first-order chi connectivity index (χ1) is 14.9. The van der Waals surface area contributed by atoms with Crippen LogP contribution in [0.25, 0.3) is 5.57 Å². The van der Waals surface area contributed by atoms with Gasteiger partial charge >= 0.3 is 11.9 Å². The molecule has 1 heterocycles. The number of esters is 1. The molecule has 1 fully saturated rings. The zero-order valence-corrected chi connectivity index (χ0v) is 18.4. The minimum Gasteiger partial charge on any atom is -0.478 e. The van der Waals surface area contributed by atoms with Crippen molar-refractivity contribution in [3.8, 4) is 0 Å². The molecule has 2 aliphatic rings. The number of aliphatic carboxylic acids is 1. The number of carbonyl (C=O) groups excluding carboxylic acids is 1. The van der Waals surface area contributed by atoms with Crippen LogP contribution in [-0.2, 0) is 14.3 Å². The summed E-state index contributed by atoms with van der Waals surface area (Å²) in [4.78, 5) is 26.9. The molecule has 0 radical (unpaired) electrons. The standard InChI is InChI=1S/C25H25NO4S/c1-26(2)23(30-25(29)14-13-24(27)28)12-10-18-19-5-3-4-6-21(19)31-22-11-9-17(15-20(18)22)16-7-8-16/h3-6,9-11,13-16,23H,7-8,12H2,1-2H3,(H,27,28)/b14-13-,18-10+. The number of rotatable bonds is 7. The van der Waals surface area contributed by atoms with Crippen LogP contribution in [0.3, 0.4) is 0 Å². The van der Waals surface area contributed by atoms with Gasteiger partial charge in [0.25, 0.3) is 0 Å². The van der Waals surface area contributed by atoms with E-state index >= 15 is 0 Å². The van der Waals surface area contributed by atoms with Crippen LogP contribution >= 0.6 is 11.8 Å². The molecule has 2 aromatic carbocycles. The maximum absolute atomic E-state index is 12.0. The summed E-state index contributed by atoms with van der Waals surface area (Å²) in [5.41, 5.74) is 4.94. The van der Waals surface area contributed by atoms with Crippen molar-refractivity contribution in [3.63, 3.8) is 0 Å². The Morgan fingerprint density at radius 1 is 1.13 bits per heavy atom. The number of nitrogens with zero attached hydrogens (tertiary/aromatic N) is 1. The second kappa shape index (κ2) is 9.12. The monoisotopic (exact) mass is 435 g/mol. The molecule has 1 saturated carbocycles. The Labute approximate surface area is 186 Å². The highest BCUT2D eigenvalue weighted by atomic mass is 32.2. The quantitative estimate of drug-likeness (QED) is 0.323. The van der Waals surface area contributed by atoms with E-state index in [-0.39, 0.29) is 0 Å². The van der Waals surface area contributed by atoms with Crippen molar-refractivity contribution in [1.29, 1.82) is 0 Å². The average molecular weight is 436 g/mol. The molecule has 0 spiro atoms. The first-order valence-corrected chi connectivity index (χ1v) is 11.1. The Morgan fingerprint density at radius 2 is 1.87 bits per heavy atom. The average Bonchev–Trinajstić information content (AvgIpc) is 3.59. The summed E-state index contributed by atoms with van der Waals surface area (Å²) in [5.74, 6) is -1.18. The molecule has 6 heteroatoms. The number of benzene rings is 2. The highest BCUT2D eigenvalue weighted by molar-refractivity contribution is 7.99. The molecular weight excluding hydrogens is 410 g/mol. The molecule has 1 unspecified atom stereocenters. The van der Waals surface area contributed by atoms with Gasteiger partial charge in [-0.15, -0.1) is 0 Å². The molecule has 1 aliphatic heterocycles. The third-order valence-corrected chi connectivity index (χ3v) is 6.61. The number of hydrogen-bond acceptors (Lipinski definition) is 5. The second-order valence-electron chi connectivity index (χ2n) is 8.01. The van der Waals surface area contributed by atoms with E-state index in [0.29, 0.717) is 12.3 Å². The van der Waals surface area contributed by atoms with Crippen LogP contribution < -0.4 is 0 Å². The Morgan fingerprint density at radius 3 is 2.58 bits per heavy atom. The van der Waals surface area contributed by atoms with Gasteiger partial charge in [0.05, 0.1) is 0 Å². The van der Waals surface area contributed by atoms with Crippen LogP contribution in [0.15, 0.2) is 70.5 Å². The van der Waals surface area contributed by atoms with Gasteiger partial charge in [0.15, 0.2) is 6.23 Å². The van der Waals surface area contributed by atoms with Crippen molar-refractivity contribution in [3.05, 3.63) is 77.4 Å². The fraction of sp³-hybridized carbons (Fsp3) is 0.280. The number of fused-ring (bicyclic) bond motifs is 2. The van der Waals surface area contributed by atoms with E-state index in [1.54, 1.807) is 11.8 Å². The smallest absolute Gasteiger partial charge is 0.332 e. The normalized spacial score (nSPS) is 17.5. The summed E-state index contributed by atoms with van der Waals surface area (Å²) in [6, 6.07) is 15.1. The van der Waals surface area contributed by atoms with Gasteiger partial charge in [-0.2, -0.15) is 0 Å². The molecule has 1 N–H and O–H groups in total. The van der Waals surface area contributed by atoms with E-state index in [1.807, 2.05) is 31.1 Å². The molecule has 160 valence electrons. The highest BCUT2D eigenvalue weighted by Crippen LogP contribution is 2.48. The van der Waals surface area contributed by atoms with E-state index < -0.39 is 18.2 Å². The topological polar surface area (TPSA) is 66.8 Å². The van der Waals surface area contributed by atoms with Crippen molar-refractivity contribution in [2.24, 2.45) is 0 Å². The summed E-state index contributed by atoms with van der Waals surface area (Å²) in [6.07, 6.45) is 6.35. The van der Waals surface area contributed by atoms with Gasteiger partial charge in [0, 0.05) is 28.4 Å². The third kappa shape index (κ3) is 5.09. The zero-order valence-electron chi connectivity index (χ0n) is 17.6. The lowest BCUT2D eigenvalue weighted by Gasteiger charge is -2.25. The lowest BCUT2D eigenvalue weighted by molar-refractivity contribution is -0.150. The van der Waals surface area contributed by atoms with E-state index in [2.05, 4.69) is 36.4 Å². The van der Waals surface area contributed by atoms with Crippen molar-refractivity contribution in [1.82, 2.24) is 4.90 Å². The molecule has 1 aliphatic carbocycles. The van der Waals surface area contributed by atoms with Gasteiger partial charge in [-0.1, -0.05) is 42.1 Å². The zero-order chi connectivity index (χ0) is 22.0. The van der Waals surface area contributed by atoms with Crippen LogP contribution in [0.2, 0.25) is 0 Å². The molecule has 0 bridgehead atoms. The lowest BCUT2D eigenvalue weighted by Crippen LogP contribution is -2.32. The lowest BCUT2D eigenvalue weighted by atomic mass is 9.93. The molecule has 5 nitrogen and oxygen atoms in total. The largest absolute Gasteiger partial charge is 0.478 e. The first kappa shape index (κ1) is 21.4. The predicted octanol–water partition coefficient (Wildman–Crippen LogP) is 4.92. The van der Waals surface area contributed by atoms with Crippen molar-refractivity contribution in [2.45, 2.75) is 41.2 Å². The molecule has 0 amide bonds. The minimum absolute atomic E-state index is 0.487. The van der Waals surface area contributed by atoms with Gasteiger partial charge in [-0.3, -0.25) is 4.90 Å². The summed E-state index contributed by atoms with van der Waals surface area (Å²) in [5, 5.41) is 8.71. The number of ether oxygens (including phenoxy) is 1. The molecule has 31 heavy (non-hydrogen) atoms. The SMILES string of the molecule is CN(C)C(C/C=C1\c2ccccc2Sc2ccc(C3CC3)cc21)OC(=O)/C=C\C(=O)O. The molecule has 0 aromatic heterocycles. The van der Waals surface area contributed by atoms with Crippen molar-refractivity contribution < 1.29 is 19.4 Å². The summed E-state index contributed by atoms with van der Waals surface area (Å²) in [7, 11) is 3.67. The summed E-state index contributed by atoms with van der Waals surface area (Å²) < 4.78 is 5.49. The summed E-state index contributed by atoms with van der Waals surface area (Å²) >= 11 is 1.79. The molecular formula is C25H25NO4S. The maximum Gasteiger partial charge on any atom is 0.332 e. The first-order valence-electron chi connectivity index (χ1n) is 10.3. The molecule has 0 saturated heterocycles. The van der Waals surface area contributed by atoms with Gasteiger partial charge < -0.3 is 9.84 Å². The fourth-order valence-electron chi connectivity index (χ4n) is 3.67. The highest BCUT2D eigenvalue weighted by Gasteiger charge is 2.27. The predicted molar refractivity (Wildman–Crippen MR) is 121 cm³/mol. The summed E-state index contributed by atoms with van der Waals surface area (Å²) in [6.45, 7) is 0. The van der Waals surface area contributed by atoms with E-state index in [0.717, 1.165) is 17.7 Å². The van der Waals surface area contributed by atoms with Gasteiger partial charge in [-0.05, 0) is 73.3 Å². The van der Waals surface area contributed by atoms with E-state index in [4.69, 9.17) is 9.84 Å². The van der Waals surface area contributed by atoms with Gasteiger partial charge in [0.1, 0.15) is 0 Å². The van der Waals surface area contributed by atoms with E-state index in [9.17, 15) is 9.59 Å². The number of carbonyl (C=O) groups is 2. The van der Waals surface area contributed by atoms with Gasteiger partial charge in [0.2, 0.25) is 0 Å². The van der Waals surface area contributed by atoms with Crippen LogP contribution in [0, 0.1) is 0 Å². The van der Waals surface area contributed by atoms with Crippen LogP contribution in [0.5, 0.6) is 0 Å². The van der Waals surface area contributed by atoms with Crippen molar-refractivity contribution >= 4 is 29.3 Å². The number of carboxylic acid groups (broad SMARTS) is 1. The Hall–Kier alpha value is -2.83. The number of carboxylic acids is 1. The Kier molecular flexibility index (Phi) is 6.30. The van der Waals surface area contributed by atoms with Crippen LogP contribution in [0.4, 0.5) is 0 Å². The number of hydrogen-bond donors (Lipinski definition) is 1. The minimum atomic E-state index is -1.18. The Balaban J connectivity index is 1.64. The van der Waals surface area contributed by atoms with Crippen molar-refractivity contribution in [2.75, 3.05) is 14.1 Å². The van der Waals surface area contributed by atoms with E-state index in [1.165, 1.54) is 39.3 Å². The molecule has 2 aromatic rings. The van der Waals surface area contributed by atoms with Crippen LogP contribution in [0.1, 0.15) is 41.9 Å². The molecule has 1 atom stereocenters.